The molecule has 4 heteroatoms. The van der Waals surface area contributed by atoms with E-state index in [0.29, 0.717) is 11.7 Å². The van der Waals surface area contributed by atoms with Crippen molar-refractivity contribution in [3.8, 4) is 33.4 Å². The van der Waals surface area contributed by atoms with Crippen LogP contribution in [0.5, 0.6) is 0 Å². The summed E-state index contributed by atoms with van der Waals surface area (Å²) in [6.45, 7) is 4.24. The predicted molar refractivity (Wildman–Crippen MR) is 235 cm³/mol. The minimum atomic E-state index is 0.311. The molecule has 8 rings (SSSR count). The van der Waals surface area contributed by atoms with Gasteiger partial charge in [0.25, 0.3) is 5.84 Å². The number of aryl methyl sites for hydroxylation is 2. The minimum Gasteiger partial charge on any atom is -0.311 e. The fourth-order valence-corrected chi connectivity index (χ4v) is 7.20. The fourth-order valence-electron chi connectivity index (χ4n) is 7.20. The molecule has 4 nitrogen and oxygen atoms in total. The van der Waals surface area contributed by atoms with Crippen molar-refractivity contribution in [1.82, 2.24) is 0 Å². The lowest BCUT2D eigenvalue weighted by Crippen LogP contribution is -2.54. The molecule has 56 heavy (non-hydrogen) atoms. The van der Waals surface area contributed by atoms with Crippen LogP contribution < -0.4 is 15.2 Å². The molecule has 0 aliphatic heterocycles. The maximum absolute atomic E-state index is 9.14. The molecule has 0 saturated heterocycles. The van der Waals surface area contributed by atoms with Crippen molar-refractivity contribution in [1.29, 1.82) is 5.41 Å². The monoisotopic (exact) mass is 723 g/mol. The smallest absolute Gasteiger partial charge is 0.286 e. The molecule has 0 aromatic heterocycles. The van der Waals surface area contributed by atoms with Gasteiger partial charge in [0.1, 0.15) is 5.69 Å². The van der Waals surface area contributed by atoms with Gasteiger partial charge >= 0.3 is 0 Å². The molecule has 8 aromatic rings. The molecule has 3 N–H and O–H groups in total. The lowest BCUT2D eigenvalue weighted by atomic mass is 9.89. The van der Waals surface area contributed by atoms with Crippen molar-refractivity contribution in [3.05, 3.63) is 229 Å². The second-order valence-electron chi connectivity index (χ2n) is 14.0. The van der Waals surface area contributed by atoms with Gasteiger partial charge in [-0.05, 0) is 120 Å². The number of nitrogens with one attached hydrogen (secondary N) is 1. The van der Waals surface area contributed by atoms with Crippen molar-refractivity contribution in [2.75, 3.05) is 9.80 Å². The van der Waals surface area contributed by atoms with Crippen molar-refractivity contribution in [3.63, 3.8) is 0 Å². The Morgan fingerprint density at radius 3 is 1.21 bits per heavy atom. The minimum absolute atomic E-state index is 0.311. The molecule has 0 saturated carbocycles. The van der Waals surface area contributed by atoms with Gasteiger partial charge in [0.05, 0.1) is 5.56 Å². The third kappa shape index (κ3) is 7.41. The lowest BCUT2D eigenvalue weighted by Gasteiger charge is -2.26. The molecule has 8 aromatic carbocycles. The van der Waals surface area contributed by atoms with Gasteiger partial charge in [0.15, 0.2) is 0 Å². The molecule has 0 heterocycles. The van der Waals surface area contributed by atoms with E-state index in [1.807, 2.05) is 72.8 Å². The zero-order valence-corrected chi connectivity index (χ0v) is 31.6. The van der Waals surface area contributed by atoms with E-state index in [1.165, 1.54) is 11.1 Å². The van der Waals surface area contributed by atoms with E-state index in [1.54, 1.807) is 4.90 Å². The number of hydrogen-bond acceptors (Lipinski definition) is 2. The van der Waals surface area contributed by atoms with E-state index in [-0.39, 0.29) is 0 Å². The topological polar surface area (TPSA) is 55.9 Å². The maximum Gasteiger partial charge on any atom is 0.286 e. The van der Waals surface area contributed by atoms with Crippen LogP contribution in [0.1, 0.15) is 22.3 Å². The average molecular weight is 724 g/mol. The summed E-state index contributed by atoms with van der Waals surface area (Å²) in [5.41, 5.74) is 15.1. The molecule has 0 atom stereocenters. The van der Waals surface area contributed by atoms with E-state index in [4.69, 9.17) is 10.8 Å². The second-order valence-corrected chi connectivity index (χ2v) is 14.0. The Kier molecular flexibility index (Phi) is 10.2. The standard InChI is InChI=1S/C52H42N4/c1-37-21-31-44(32-22-37)55(45-33-23-38(2)24-34-45)46-35-29-40(30-36-46)48-18-10-12-20-50(48)49-19-11-9-17-47(49)39-25-27-42(28-26-39)52(54)56(43-15-7-4-8-16-43)51(53)41-13-5-3-6-14-41/h3-36,53-54H,1-2H3/p+1. The van der Waals surface area contributed by atoms with Crippen LogP contribution in [0, 0.1) is 19.3 Å². The fraction of sp³-hybridized carbons (Fsp3) is 0.0385. The molecule has 0 bridgehead atoms. The number of hydrogen-bond donors (Lipinski definition) is 2. The number of benzene rings is 8. The third-order valence-electron chi connectivity index (χ3n) is 10.2. The summed E-state index contributed by atoms with van der Waals surface area (Å²) < 4.78 is 0. The van der Waals surface area contributed by atoms with Gasteiger partial charge < -0.3 is 4.90 Å². The zero-order valence-electron chi connectivity index (χ0n) is 31.6. The Bertz CT molecular complexity index is 2550. The first-order valence-electron chi connectivity index (χ1n) is 18.9. The molecule has 270 valence electrons. The molecular formula is C52H43N4+. The SMILES string of the molecule is Cc1ccc(N(c2ccc(C)cc2)c2ccc(-c3ccccc3-c3ccccc3-c3ccc(C(=[NH2+])N(C(=N)c4ccccc4)c4ccccc4)cc3)cc2)cc1. The normalized spacial score (nSPS) is 10.8. The molecular weight excluding hydrogens is 681 g/mol. The van der Waals surface area contributed by atoms with Crippen molar-refractivity contribution < 1.29 is 5.41 Å². The van der Waals surface area contributed by atoms with Crippen LogP contribution >= 0.6 is 0 Å². The van der Waals surface area contributed by atoms with Crippen LogP contribution in [-0.2, 0) is 0 Å². The molecule has 0 spiro atoms. The summed E-state index contributed by atoms with van der Waals surface area (Å²) in [7, 11) is 0. The third-order valence-corrected chi connectivity index (χ3v) is 10.2. The van der Waals surface area contributed by atoms with E-state index in [9.17, 15) is 0 Å². The Morgan fingerprint density at radius 1 is 0.375 bits per heavy atom. The largest absolute Gasteiger partial charge is 0.311 e. The van der Waals surface area contributed by atoms with Gasteiger partial charge in [-0.3, -0.25) is 10.8 Å². The number of para-hydroxylation sites is 1. The van der Waals surface area contributed by atoms with Crippen LogP contribution in [0.25, 0.3) is 33.4 Å². The predicted octanol–water partition coefficient (Wildman–Crippen LogP) is 11.8. The molecule has 0 amide bonds. The van der Waals surface area contributed by atoms with Gasteiger partial charge in [0.2, 0.25) is 5.84 Å². The average Bonchev–Trinajstić information content (AvgIpc) is 3.26. The summed E-state index contributed by atoms with van der Waals surface area (Å²) in [5, 5.41) is 16.1. The highest BCUT2D eigenvalue weighted by Gasteiger charge is 2.28. The highest BCUT2D eigenvalue weighted by molar-refractivity contribution is 6.26. The van der Waals surface area contributed by atoms with Gasteiger partial charge in [-0.2, -0.15) is 4.90 Å². The van der Waals surface area contributed by atoms with Crippen LogP contribution in [0.3, 0.4) is 0 Å². The summed E-state index contributed by atoms with van der Waals surface area (Å²) in [5.74, 6) is 0.799. The number of nitrogens with zero attached hydrogens (tertiary/aromatic N) is 2. The summed E-state index contributed by atoms with van der Waals surface area (Å²) >= 11 is 0. The Balaban J connectivity index is 1.11. The lowest BCUT2D eigenvalue weighted by molar-refractivity contribution is -0.113. The number of amidine groups is 2. The van der Waals surface area contributed by atoms with Gasteiger partial charge in [-0.1, -0.05) is 145 Å². The molecule has 0 fully saturated rings. The maximum atomic E-state index is 9.14. The van der Waals surface area contributed by atoms with Gasteiger partial charge in [-0.25, -0.2) is 0 Å². The number of anilines is 4. The first-order chi connectivity index (χ1) is 27.4. The van der Waals surface area contributed by atoms with E-state index in [0.717, 1.165) is 67.3 Å². The Labute approximate surface area is 329 Å². The molecule has 0 aliphatic rings. The Hall–Kier alpha value is -7.30. The molecule has 0 aliphatic carbocycles. The van der Waals surface area contributed by atoms with Gasteiger partial charge in [0, 0.05) is 22.6 Å². The van der Waals surface area contributed by atoms with Crippen LogP contribution in [0.15, 0.2) is 206 Å². The van der Waals surface area contributed by atoms with Crippen LogP contribution in [-0.4, -0.2) is 11.7 Å². The van der Waals surface area contributed by atoms with E-state index < -0.39 is 0 Å². The molecule has 0 unspecified atom stereocenters. The van der Waals surface area contributed by atoms with Crippen LogP contribution in [0.2, 0.25) is 0 Å². The highest BCUT2D eigenvalue weighted by Crippen LogP contribution is 2.40. The zero-order chi connectivity index (χ0) is 38.4. The quantitative estimate of drug-likeness (QED) is 0.115. The number of nitrogens with two attached hydrogens (primary N) is 1. The highest BCUT2D eigenvalue weighted by atomic mass is 15.2. The summed E-state index contributed by atoms with van der Waals surface area (Å²) in [6.07, 6.45) is 0. The van der Waals surface area contributed by atoms with Crippen molar-refractivity contribution >= 4 is 34.4 Å². The second kappa shape index (κ2) is 16.0. The van der Waals surface area contributed by atoms with E-state index in [2.05, 4.69) is 152 Å². The first-order valence-corrected chi connectivity index (χ1v) is 18.9. The number of rotatable bonds is 9. The van der Waals surface area contributed by atoms with Gasteiger partial charge in [-0.15, -0.1) is 0 Å². The van der Waals surface area contributed by atoms with Crippen molar-refractivity contribution in [2.24, 2.45) is 0 Å². The van der Waals surface area contributed by atoms with E-state index >= 15 is 0 Å². The molecule has 0 radical (unpaired) electrons. The first kappa shape index (κ1) is 35.7. The van der Waals surface area contributed by atoms with Crippen LogP contribution in [0.4, 0.5) is 22.7 Å². The Morgan fingerprint density at radius 2 is 0.750 bits per heavy atom. The van der Waals surface area contributed by atoms with Crippen molar-refractivity contribution in [2.45, 2.75) is 13.8 Å². The summed E-state index contributed by atoms with van der Waals surface area (Å²) in [6, 6.07) is 71.4. The summed E-state index contributed by atoms with van der Waals surface area (Å²) in [4.78, 5) is 4.11.